The number of amides is 3. The molecule has 2 N–H and O–H groups in total. The fourth-order valence-corrected chi connectivity index (χ4v) is 4.35. The highest BCUT2D eigenvalue weighted by molar-refractivity contribution is 7.13. The van der Waals surface area contributed by atoms with Crippen LogP contribution in [0.2, 0.25) is 0 Å². The maximum atomic E-state index is 13.3. The highest BCUT2D eigenvalue weighted by Crippen LogP contribution is 2.30. The SMILES string of the molecule is COc1ccc(NC(=O)N2CCCC(c3nnc(C(=O)Nc4cccc(F)c4)s3)C2)cc1. The van der Waals surface area contributed by atoms with Crippen LogP contribution in [0.15, 0.2) is 48.5 Å². The Morgan fingerprint density at radius 2 is 1.94 bits per heavy atom. The van der Waals surface area contributed by atoms with Gasteiger partial charge in [-0.3, -0.25) is 4.79 Å². The van der Waals surface area contributed by atoms with E-state index in [0.717, 1.165) is 18.6 Å². The summed E-state index contributed by atoms with van der Waals surface area (Å²) >= 11 is 1.19. The molecular formula is C22H22FN5O3S. The van der Waals surface area contributed by atoms with Crippen molar-refractivity contribution >= 4 is 34.6 Å². The lowest BCUT2D eigenvalue weighted by Crippen LogP contribution is -2.41. The minimum atomic E-state index is -0.440. The highest BCUT2D eigenvalue weighted by atomic mass is 32.1. The van der Waals surface area contributed by atoms with Gasteiger partial charge in [0, 0.05) is 30.4 Å². The van der Waals surface area contributed by atoms with Gasteiger partial charge in [-0.25, -0.2) is 9.18 Å². The molecule has 2 aromatic carbocycles. The van der Waals surface area contributed by atoms with Gasteiger partial charge in [-0.2, -0.15) is 0 Å². The zero-order chi connectivity index (χ0) is 22.5. The number of carbonyl (C=O) groups is 2. The van der Waals surface area contributed by atoms with E-state index in [1.165, 1.54) is 29.5 Å². The standard InChI is InChI=1S/C22H22FN5O3S/c1-31-18-9-7-16(8-10-18)25-22(30)28-11-3-4-14(13-28)20-26-27-21(32-20)19(29)24-17-6-2-5-15(23)12-17/h2,5-10,12,14H,3-4,11,13H2,1H3,(H,24,29)(H,25,30). The fraction of sp³-hybridized carbons (Fsp3) is 0.273. The van der Waals surface area contributed by atoms with Crippen molar-refractivity contribution in [2.24, 2.45) is 0 Å². The Morgan fingerprint density at radius 1 is 1.12 bits per heavy atom. The predicted molar refractivity (Wildman–Crippen MR) is 120 cm³/mol. The second-order valence-electron chi connectivity index (χ2n) is 7.35. The number of likely N-dealkylation sites (tertiary alicyclic amines) is 1. The topological polar surface area (TPSA) is 96.4 Å². The maximum Gasteiger partial charge on any atom is 0.321 e. The molecule has 1 fully saturated rings. The number of methoxy groups -OCH3 is 1. The summed E-state index contributed by atoms with van der Waals surface area (Å²) in [6.07, 6.45) is 1.68. The summed E-state index contributed by atoms with van der Waals surface area (Å²) in [5.74, 6) is -0.159. The number of benzene rings is 2. The summed E-state index contributed by atoms with van der Waals surface area (Å²) in [5, 5.41) is 14.6. The molecule has 1 aliphatic rings. The molecule has 0 aliphatic carbocycles. The van der Waals surface area contributed by atoms with Gasteiger partial charge < -0.3 is 20.3 Å². The highest BCUT2D eigenvalue weighted by Gasteiger charge is 2.28. The first-order chi connectivity index (χ1) is 15.5. The van der Waals surface area contributed by atoms with Crippen LogP contribution >= 0.6 is 11.3 Å². The van der Waals surface area contributed by atoms with Crippen LogP contribution in [-0.2, 0) is 0 Å². The first kappa shape index (κ1) is 21.7. The monoisotopic (exact) mass is 455 g/mol. The van der Waals surface area contributed by atoms with Crippen LogP contribution in [0.4, 0.5) is 20.6 Å². The number of carbonyl (C=O) groups excluding carboxylic acids is 2. The molecule has 166 valence electrons. The van der Waals surface area contributed by atoms with E-state index in [9.17, 15) is 14.0 Å². The number of aromatic nitrogens is 2. The summed E-state index contributed by atoms with van der Waals surface area (Å²) in [6, 6.07) is 12.6. The van der Waals surface area contributed by atoms with Gasteiger partial charge in [0.25, 0.3) is 5.91 Å². The summed E-state index contributed by atoms with van der Waals surface area (Å²) in [5.41, 5.74) is 1.04. The molecule has 0 radical (unpaired) electrons. The molecule has 1 unspecified atom stereocenters. The van der Waals surface area contributed by atoms with Crippen molar-refractivity contribution in [2.75, 3.05) is 30.8 Å². The van der Waals surface area contributed by atoms with Crippen LogP contribution in [-0.4, -0.2) is 47.2 Å². The fourth-order valence-electron chi connectivity index (χ4n) is 3.48. The Kier molecular flexibility index (Phi) is 6.60. The molecule has 3 aromatic rings. The quantitative estimate of drug-likeness (QED) is 0.596. The summed E-state index contributed by atoms with van der Waals surface area (Å²) in [7, 11) is 1.59. The van der Waals surface area contributed by atoms with E-state index in [1.54, 1.807) is 42.3 Å². The van der Waals surface area contributed by atoms with E-state index in [0.29, 0.717) is 29.5 Å². The Morgan fingerprint density at radius 3 is 2.69 bits per heavy atom. The second-order valence-corrected chi connectivity index (χ2v) is 8.36. The lowest BCUT2D eigenvalue weighted by molar-refractivity contribution is 0.102. The van der Waals surface area contributed by atoms with E-state index in [4.69, 9.17) is 4.74 Å². The lowest BCUT2D eigenvalue weighted by Gasteiger charge is -2.31. The van der Waals surface area contributed by atoms with Gasteiger partial charge in [-0.1, -0.05) is 17.4 Å². The number of piperidine rings is 1. The molecule has 0 bridgehead atoms. The zero-order valence-electron chi connectivity index (χ0n) is 17.4. The van der Waals surface area contributed by atoms with Gasteiger partial charge >= 0.3 is 6.03 Å². The molecule has 1 saturated heterocycles. The number of ether oxygens (including phenoxy) is 1. The van der Waals surface area contributed by atoms with Crippen molar-refractivity contribution in [3.63, 3.8) is 0 Å². The molecule has 1 aliphatic heterocycles. The summed E-state index contributed by atoms with van der Waals surface area (Å²) in [4.78, 5) is 26.9. The molecule has 1 atom stereocenters. The Bertz CT molecular complexity index is 1100. The average molecular weight is 456 g/mol. The Labute approximate surface area is 188 Å². The third kappa shape index (κ3) is 5.20. The average Bonchev–Trinajstić information content (AvgIpc) is 3.30. The largest absolute Gasteiger partial charge is 0.497 e. The van der Waals surface area contributed by atoms with Crippen molar-refractivity contribution in [3.8, 4) is 5.75 Å². The maximum absolute atomic E-state index is 13.3. The Balaban J connectivity index is 1.37. The van der Waals surface area contributed by atoms with Crippen LogP contribution in [0.3, 0.4) is 0 Å². The van der Waals surface area contributed by atoms with Crippen LogP contribution in [0, 0.1) is 5.82 Å². The minimum Gasteiger partial charge on any atom is -0.497 e. The first-order valence-electron chi connectivity index (χ1n) is 10.1. The number of anilines is 2. The molecule has 32 heavy (non-hydrogen) atoms. The van der Waals surface area contributed by atoms with Gasteiger partial charge in [-0.05, 0) is 55.3 Å². The zero-order valence-corrected chi connectivity index (χ0v) is 18.2. The summed E-state index contributed by atoms with van der Waals surface area (Å²) < 4.78 is 18.5. The van der Waals surface area contributed by atoms with Gasteiger partial charge in [0.15, 0.2) is 0 Å². The second kappa shape index (κ2) is 9.73. The molecular weight excluding hydrogens is 433 g/mol. The number of rotatable bonds is 5. The molecule has 4 rings (SSSR count). The van der Waals surface area contributed by atoms with Crippen molar-refractivity contribution < 1.29 is 18.7 Å². The van der Waals surface area contributed by atoms with Gasteiger partial charge in [0.2, 0.25) is 5.01 Å². The van der Waals surface area contributed by atoms with E-state index in [-0.39, 0.29) is 17.0 Å². The van der Waals surface area contributed by atoms with E-state index in [1.807, 2.05) is 0 Å². The molecule has 0 saturated carbocycles. The number of urea groups is 1. The van der Waals surface area contributed by atoms with Gasteiger partial charge in [0.1, 0.15) is 16.6 Å². The van der Waals surface area contributed by atoms with Crippen molar-refractivity contribution in [1.82, 2.24) is 15.1 Å². The number of halogens is 1. The Hall–Kier alpha value is -3.53. The molecule has 3 amide bonds. The van der Waals surface area contributed by atoms with E-state index < -0.39 is 11.7 Å². The smallest absolute Gasteiger partial charge is 0.321 e. The minimum absolute atomic E-state index is 0.00131. The molecule has 10 heteroatoms. The molecule has 8 nitrogen and oxygen atoms in total. The summed E-state index contributed by atoms with van der Waals surface area (Å²) in [6.45, 7) is 1.13. The first-order valence-corrected chi connectivity index (χ1v) is 10.9. The number of nitrogens with zero attached hydrogens (tertiary/aromatic N) is 3. The molecule has 0 spiro atoms. The number of hydrogen-bond acceptors (Lipinski definition) is 6. The van der Waals surface area contributed by atoms with Crippen LogP contribution in [0.1, 0.15) is 33.6 Å². The third-order valence-electron chi connectivity index (χ3n) is 5.12. The lowest BCUT2D eigenvalue weighted by atomic mass is 9.99. The van der Waals surface area contributed by atoms with Crippen LogP contribution in [0.25, 0.3) is 0 Å². The third-order valence-corrected chi connectivity index (χ3v) is 6.20. The van der Waals surface area contributed by atoms with Gasteiger partial charge in [0.05, 0.1) is 7.11 Å². The van der Waals surface area contributed by atoms with Crippen molar-refractivity contribution in [3.05, 3.63) is 64.4 Å². The predicted octanol–water partition coefficient (Wildman–Crippen LogP) is 4.35. The van der Waals surface area contributed by atoms with Crippen molar-refractivity contribution in [2.45, 2.75) is 18.8 Å². The van der Waals surface area contributed by atoms with Crippen LogP contribution in [0.5, 0.6) is 5.75 Å². The van der Waals surface area contributed by atoms with Gasteiger partial charge in [-0.15, -0.1) is 10.2 Å². The van der Waals surface area contributed by atoms with Crippen LogP contribution < -0.4 is 15.4 Å². The molecule has 1 aromatic heterocycles. The number of hydrogen-bond donors (Lipinski definition) is 2. The normalized spacial score (nSPS) is 15.8. The van der Waals surface area contributed by atoms with Crippen molar-refractivity contribution in [1.29, 1.82) is 0 Å². The van der Waals surface area contributed by atoms with E-state index >= 15 is 0 Å². The number of nitrogens with one attached hydrogen (secondary N) is 2. The van der Waals surface area contributed by atoms with E-state index in [2.05, 4.69) is 20.8 Å². The molecule has 2 heterocycles.